The molecule has 0 atom stereocenters. The Morgan fingerprint density at radius 2 is 1.45 bits per heavy atom. The molecular weight excluding hydrogens is 362 g/mol. The molecule has 0 bridgehead atoms. The maximum absolute atomic E-state index is 12.4. The molecule has 3 aromatic carbocycles. The third-order valence-electron chi connectivity index (χ3n) is 4.59. The van der Waals surface area contributed by atoms with Crippen LogP contribution in [0.4, 0.5) is 11.4 Å². The third-order valence-corrected chi connectivity index (χ3v) is 4.59. The Morgan fingerprint density at radius 3 is 2.03 bits per heavy atom. The minimum atomic E-state index is -0.214. The summed E-state index contributed by atoms with van der Waals surface area (Å²) in [6, 6.07) is 22.3. The molecule has 2 amide bonds. The zero-order valence-electron chi connectivity index (χ0n) is 16.9. The summed E-state index contributed by atoms with van der Waals surface area (Å²) < 4.78 is 0. The van der Waals surface area contributed by atoms with Crippen LogP contribution in [-0.4, -0.2) is 25.9 Å². The van der Waals surface area contributed by atoms with E-state index in [0.717, 1.165) is 22.5 Å². The van der Waals surface area contributed by atoms with Crippen molar-refractivity contribution in [3.63, 3.8) is 0 Å². The van der Waals surface area contributed by atoms with Gasteiger partial charge in [0.25, 0.3) is 11.8 Å². The van der Waals surface area contributed by atoms with Gasteiger partial charge >= 0.3 is 0 Å². The van der Waals surface area contributed by atoms with Crippen LogP contribution in [0.15, 0.2) is 72.8 Å². The Balaban J connectivity index is 1.58. The highest BCUT2D eigenvalue weighted by Crippen LogP contribution is 2.16. The van der Waals surface area contributed by atoms with Crippen LogP contribution >= 0.6 is 0 Å². The molecule has 148 valence electrons. The van der Waals surface area contributed by atoms with Gasteiger partial charge in [0.1, 0.15) is 0 Å². The average molecular weight is 387 g/mol. The largest absolute Gasteiger partial charge is 0.378 e. The predicted octanol–water partition coefficient (Wildman–Crippen LogP) is 4.24. The second kappa shape index (κ2) is 9.06. The molecule has 0 aliphatic rings. The average Bonchev–Trinajstić information content (AvgIpc) is 2.72. The van der Waals surface area contributed by atoms with Crippen LogP contribution in [0, 0.1) is 6.92 Å². The van der Waals surface area contributed by atoms with E-state index in [2.05, 4.69) is 10.6 Å². The summed E-state index contributed by atoms with van der Waals surface area (Å²) in [6.45, 7) is 2.48. The van der Waals surface area contributed by atoms with Crippen LogP contribution in [0.1, 0.15) is 31.8 Å². The van der Waals surface area contributed by atoms with Crippen molar-refractivity contribution in [2.45, 2.75) is 13.5 Å². The number of hydrogen-bond acceptors (Lipinski definition) is 3. The molecule has 2 N–H and O–H groups in total. The van der Waals surface area contributed by atoms with E-state index in [1.165, 1.54) is 0 Å². The Labute approximate surface area is 171 Å². The highest BCUT2D eigenvalue weighted by atomic mass is 16.2. The summed E-state index contributed by atoms with van der Waals surface area (Å²) in [7, 11) is 3.93. The zero-order chi connectivity index (χ0) is 20.8. The van der Waals surface area contributed by atoms with E-state index in [-0.39, 0.29) is 11.8 Å². The Kier molecular flexibility index (Phi) is 6.29. The molecule has 5 heteroatoms. The maximum atomic E-state index is 12.4. The number of nitrogens with one attached hydrogen (secondary N) is 2. The molecule has 0 aliphatic heterocycles. The SMILES string of the molecule is Cc1cccc(CNC(=O)c2ccc(C(=O)Nc3ccc(N(C)C)cc3)cc2)c1. The molecule has 0 saturated carbocycles. The number of nitrogens with zero attached hydrogens (tertiary/aromatic N) is 1. The van der Waals surface area contributed by atoms with Crippen molar-refractivity contribution in [2.24, 2.45) is 0 Å². The van der Waals surface area contributed by atoms with Gasteiger partial charge in [0.15, 0.2) is 0 Å². The first kappa shape index (κ1) is 20.1. The number of benzene rings is 3. The zero-order valence-corrected chi connectivity index (χ0v) is 16.9. The molecule has 3 aromatic rings. The second-order valence-electron chi connectivity index (χ2n) is 7.14. The minimum Gasteiger partial charge on any atom is -0.378 e. The maximum Gasteiger partial charge on any atom is 0.255 e. The molecule has 0 aliphatic carbocycles. The van der Waals surface area contributed by atoms with Gasteiger partial charge in [-0.1, -0.05) is 29.8 Å². The predicted molar refractivity (Wildman–Crippen MR) is 118 cm³/mol. The van der Waals surface area contributed by atoms with E-state index >= 15 is 0 Å². The fraction of sp³-hybridized carbons (Fsp3) is 0.167. The van der Waals surface area contributed by atoms with Gasteiger partial charge in [-0.05, 0) is 61.0 Å². The second-order valence-corrected chi connectivity index (χ2v) is 7.14. The highest BCUT2D eigenvalue weighted by molar-refractivity contribution is 6.05. The van der Waals surface area contributed by atoms with Crippen LogP contribution < -0.4 is 15.5 Å². The number of carbonyl (C=O) groups excluding carboxylic acids is 2. The number of aryl methyl sites for hydroxylation is 1. The lowest BCUT2D eigenvalue weighted by Gasteiger charge is -2.13. The van der Waals surface area contributed by atoms with E-state index in [0.29, 0.717) is 17.7 Å². The molecule has 0 fully saturated rings. The van der Waals surface area contributed by atoms with Gasteiger partial charge in [0.05, 0.1) is 0 Å². The van der Waals surface area contributed by atoms with Gasteiger partial charge in [0.2, 0.25) is 0 Å². The lowest BCUT2D eigenvalue weighted by Crippen LogP contribution is -2.23. The van der Waals surface area contributed by atoms with Gasteiger partial charge in [-0.25, -0.2) is 0 Å². The van der Waals surface area contributed by atoms with Crippen LogP contribution in [-0.2, 0) is 6.54 Å². The first-order chi connectivity index (χ1) is 13.9. The van der Waals surface area contributed by atoms with E-state index in [4.69, 9.17) is 0 Å². The van der Waals surface area contributed by atoms with Crippen molar-refractivity contribution in [3.05, 3.63) is 95.1 Å². The van der Waals surface area contributed by atoms with Gasteiger partial charge < -0.3 is 15.5 Å². The van der Waals surface area contributed by atoms with E-state index < -0.39 is 0 Å². The third kappa shape index (κ3) is 5.45. The molecule has 0 heterocycles. The van der Waals surface area contributed by atoms with Crippen molar-refractivity contribution >= 4 is 23.2 Å². The van der Waals surface area contributed by atoms with E-state index in [1.807, 2.05) is 74.4 Å². The van der Waals surface area contributed by atoms with Crippen LogP contribution in [0.25, 0.3) is 0 Å². The molecular formula is C24H25N3O2. The van der Waals surface area contributed by atoms with E-state index in [9.17, 15) is 9.59 Å². The molecule has 29 heavy (non-hydrogen) atoms. The quantitative estimate of drug-likeness (QED) is 0.665. The highest BCUT2D eigenvalue weighted by Gasteiger charge is 2.09. The number of rotatable bonds is 6. The van der Waals surface area contributed by atoms with Crippen molar-refractivity contribution in [1.82, 2.24) is 5.32 Å². The van der Waals surface area contributed by atoms with Crippen LogP contribution in [0.2, 0.25) is 0 Å². The molecule has 0 aromatic heterocycles. The van der Waals surface area contributed by atoms with Gasteiger partial charge in [0, 0.05) is 43.1 Å². The smallest absolute Gasteiger partial charge is 0.255 e. The van der Waals surface area contributed by atoms with Crippen LogP contribution in [0.3, 0.4) is 0 Å². The van der Waals surface area contributed by atoms with Gasteiger partial charge in [-0.15, -0.1) is 0 Å². The molecule has 0 saturated heterocycles. The number of hydrogen-bond donors (Lipinski definition) is 2. The Morgan fingerprint density at radius 1 is 0.828 bits per heavy atom. The molecule has 0 radical (unpaired) electrons. The normalized spacial score (nSPS) is 10.3. The number of carbonyl (C=O) groups is 2. The minimum absolute atomic E-state index is 0.169. The fourth-order valence-electron chi connectivity index (χ4n) is 2.93. The number of anilines is 2. The standard InChI is InChI=1S/C24H25N3O2/c1-17-5-4-6-18(15-17)16-25-23(28)19-7-9-20(10-8-19)24(29)26-21-11-13-22(14-12-21)27(2)3/h4-15H,16H2,1-3H3,(H,25,28)(H,26,29). The Bertz CT molecular complexity index is 993. The monoisotopic (exact) mass is 387 g/mol. The first-order valence-electron chi connectivity index (χ1n) is 9.45. The van der Waals surface area contributed by atoms with Crippen molar-refractivity contribution in [1.29, 1.82) is 0 Å². The summed E-state index contributed by atoms with van der Waals surface area (Å²) in [5, 5.41) is 5.77. The Hall–Kier alpha value is -3.60. The number of amides is 2. The summed E-state index contributed by atoms with van der Waals surface area (Å²) in [5.74, 6) is -0.382. The lowest BCUT2D eigenvalue weighted by molar-refractivity contribution is 0.0949. The molecule has 5 nitrogen and oxygen atoms in total. The van der Waals surface area contributed by atoms with Gasteiger partial charge in [-0.3, -0.25) is 9.59 Å². The summed E-state index contributed by atoms with van der Waals surface area (Å²) in [6.07, 6.45) is 0. The van der Waals surface area contributed by atoms with E-state index in [1.54, 1.807) is 24.3 Å². The van der Waals surface area contributed by atoms with Gasteiger partial charge in [-0.2, -0.15) is 0 Å². The lowest BCUT2D eigenvalue weighted by atomic mass is 10.1. The molecule has 0 spiro atoms. The van der Waals surface area contributed by atoms with Crippen molar-refractivity contribution in [2.75, 3.05) is 24.3 Å². The van der Waals surface area contributed by atoms with Crippen molar-refractivity contribution in [3.8, 4) is 0 Å². The summed E-state index contributed by atoms with van der Waals surface area (Å²) in [4.78, 5) is 26.8. The molecule has 0 unspecified atom stereocenters. The fourth-order valence-corrected chi connectivity index (χ4v) is 2.93. The molecule has 3 rings (SSSR count). The first-order valence-corrected chi connectivity index (χ1v) is 9.45. The van der Waals surface area contributed by atoms with Crippen LogP contribution in [0.5, 0.6) is 0 Å². The summed E-state index contributed by atoms with van der Waals surface area (Å²) >= 11 is 0. The van der Waals surface area contributed by atoms with Crippen molar-refractivity contribution < 1.29 is 9.59 Å². The topological polar surface area (TPSA) is 61.4 Å². The summed E-state index contributed by atoms with van der Waals surface area (Å²) in [5.41, 5.74) is 5.00.